The lowest BCUT2D eigenvalue weighted by Gasteiger charge is -2.07. The molecule has 2 rings (SSSR count). The van der Waals surface area contributed by atoms with E-state index in [-0.39, 0.29) is 0 Å². The summed E-state index contributed by atoms with van der Waals surface area (Å²) in [5, 5.41) is 0. The fourth-order valence-corrected chi connectivity index (χ4v) is 2.32. The maximum Gasteiger partial charge on any atom is -0.0159 e. The van der Waals surface area contributed by atoms with Gasteiger partial charge in [0.1, 0.15) is 0 Å². The molecule has 0 heterocycles. The summed E-state index contributed by atoms with van der Waals surface area (Å²) in [5.41, 5.74) is 1.63. The standard InChI is InChI=1S/C11H16/c1-2-3-4-10-7-9-5-6-11(10)8-9/h3-4,7,9,11H,2,5-6,8H2,1H3. The van der Waals surface area contributed by atoms with E-state index in [1.54, 1.807) is 5.57 Å². The van der Waals surface area contributed by atoms with Gasteiger partial charge >= 0.3 is 0 Å². The third-order valence-corrected chi connectivity index (χ3v) is 2.92. The molecule has 1 fully saturated rings. The average molecular weight is 148 g/mol. The van der Waals surface area contributed by atoms with Gasteiger partial charge in [0.25, 0.3) is 0 Å². The lowest BCUT2D eigenvalue weighted by atomic mass is 9.98. The molecule has 0 aromatic heterocycles. The van der Waals surface area contributed by atoms with Crippen LogP contribution < -0.4 is 0 Å². The summed E-state index contributed by atoms with van der Waals surface area (Å²) in [4.78, 5) is 0. The normalized spacial score (nSPS) is 35.2. The Morgan fingerprint density at radius 1 is 1.55 bits per heavy atom. The molecule has 0 spiro atoms. The van der Waals surface area contributed by atoms with Crippen molar-refractivity contribution in [3.63, 3.8) is 0 Å². The van der Waals surface area contributed by atoms with E-state index >= 15 is 0 Å². The first-order chi connectivity index (χ1) is 5.40. The minimum atomic E-state index is 0.933. The molecule has 0 nitrogen and oxygen atoms in total. The molecule has 0 aromatic rings. The molecule has 2 aliphatic rings. The number of allylic oxidation sites excluding steroid dienone is 4. The summed E-state index contributed by atoms with van der Waals surface area (Å²) < 4.78 is 0. The van der Waals surface area contributed by atoms with Crippen molar-refractivity contribution in [1.29, 1.82) is 0 Å². The Balaban J connectivity index is 2.05. The van der Waals surface area contributed by atoms with E-state index in [0.717, 1.165) is 11.8 Å². The first-order valence-electron chi connectivity index (χ1n) is 4.78. The highest BCUT2D eigenvalue weighted by Gasteiger charge is 2.30. The van der Waals surface area contributed by atoms with Gasteiger partial charge in [-0.05, 0) is 43.1 Å². The molecule has 0 aromatic carbocycles. The molecule has 1 saturated carbocycles. The van der Waals surface area contributed by atoms with Crippen LogP contribution >= 0.6 is 0 Å². The Kier molecular flexibility index (Phi) is 1.85. The van der Waals surface area contributed by atoms with E-state index in [4.69, 9.17) is 0 Å². The van der Waals surface area contributed by atoms with Gasteiger partial charge in [-0.2, -0.15) is 0 Å². The Bertz CT molecular complexity index is 198. The van der Waals surface area contributed by atoms with Crippen molar-refractivity contribution >= 4 is 0 Å². The highest BCUT2D eigenvalue weighted by molar-refractivity contribution is 5.29. The molecule has 2 unspecified atom stereocenters. The number of hydrogen-bond donors (Lipinski definition) is 0. The van der Waals surface area contributed by atoms with Gasteiger partial charge < -0.3 is 0 Å². The molecule has 2 atom stereocenters. The number of hydrogen-bond acceptors (Lipinski definition) is 0. The first-order valence-corrected chi connectivity index (χ1v) is 4.78. The fraction of sp³-hybridized carbons (Fsp3) is 0.636. The van der Waals surface area contributed by atoms with Crippen molar-refractivity contribution in [3.05, 3.63) is 23.8 Å². The van der Waals surface area contributed by atoms with Crippen LogP contribution in [0, 0.1) is 11.8 Å². The Morgan fingerprint density at radius 3 is 3.00 bits per heavy atom. The van der Waals surface area contributed by atoms with Gasteiger partial charge in [0.05, 0.1) is 0 Å². The van der Waals surface area contributed by atoms with Crippen LogP contribution in [0.1, 0.15) is 32.6 Å². The molecule has 60 valence electrons. The SMILES string of the molecule is CCC=CC1=CC2CCC1C2. The van der Waals surface area contributed by atoms with E-state index in [9.17, 15) is 0 Å². The van der Waals surface area contributed by atoms with Crippen molar-refractivity contribution in [2.24, 2.45) is 11.8 Å². The largest absolute Gasteiger partial charge is 0.0845 e. The molecule has 0 aliphatic heterocycles. The highest BCUT2D eigenvalue weighted by Crippen LogP contribution is 2.43. The van der Waals surface area contributed by atoms with Crippen molar-refractivity contribution in [2.75, 3.05) is 0 Å². The van der Waals surface area contributed by atoms with Crippen LogP contribution in [0.4, 0.5) is 0 Å². The molecule has 0 heteroatoms. The second-order valence-electron chi connectivity index (χ2n) is 3.75. The Hall–Kier alpha value is -0.520. The third kappa shape index (κ3) is 1.26. The molecule has 2 aliphatic carbocycles. The van der Waals surface area contributed by atoms with E-state index in [0.29, 0.717) is 0 Å². The second-order valence-corrected chi connectivity index (χ2v) is 3.75. The summed E-state index contributed by atoms with van der Waals surface area (Å²) in [5.74, 6) is 1.87. The van der Waals surface area contributed by atoms with Crippen LogP contribution in [-0.4, -0.2) is 0 Å². The molecule has 0 radical (unpaired) electrons. The van der Waals surface area contributed by atoms with Crippen LogP contribution in [0.5, 0.6) is 0 Å². The zero-order valence-electron chi connectivity index (χ0n) is 7.22. The topological polar surface area (TPSA) is 0 Å². The molecule has 0 saturated heterocycles. The van der Waals surface area contributed by atoms with E-state index in [1.807, 2.05) is 0 Å². The smallest absolute Gasteiger partial charge is 0.0159 e. The van der Waals surface area contributed by atoms with Crippen LogP contribution in [0.3, 0.4) is 0 Å². The van der Waals surface area contributed by atoms with Gasteiger partial charge in [-0.3, -0.25) is 0 Å². The molecule has 0 amide bonds. The summed E-state index contributed by atoms with van der Waals surface area (Å²) in [7, 11) is 0. The number of rotatable bonds is 2. The minimum absolute atomic E-state index is 0.933. The Morgan fingerprint density at radius 2 is 2.45 bits per heavy atom. The molecule has 0 N–H and O–H groups in total. The lowest BCUT2D eigenvalue weighted by Crippen LogP contribution is -1.93. The molecule has 2 bridgehead atoms. The van der Waals surface area contributed by atoms with Gasteiger partial charge in [0.2, 0.25) is 0 Å². The van der Waals surface area contributed by atoms with Crippen LogP contribution in [0.2, 0.25) is 0 Å². The second kappa shape index (κ2) is 2.84. The zero-order chi connectivity index (χ0) is 7.68. The van der Waals surface area contributed by atoms with E-state index in [1.165, 1.54) is 25.7 Å². The van der Waals surface area contributed by atoms with E-state index < -0.39 is 0 Å². The average Bonchev–Trinajstić information content (AvgIpc) is 2.60. The number of fused-ring (bicyclic) bond motifs is 2. The van der Waals surface area contributed by atoms with Crippen molar-refractivity contribution in [3.8, 4) is 0 Å². The molecular weight excluding hydrogens is 132 g/mol. The summed E-state index contributed by atoms with van der Waals surface area (Å²) in [6.07, 6.45) is 12.6. The van der Waals surface area contributed by atoms with Gasteiger partial charge in [0, 0.05) is 0 Å². The van der Waals surface area contributed by atoms with Gasteiger partial charge in [-0.1, -0.05) is 25.2 Å². The highest BCUT2D eigenvalue weighted by atomic mass is 14.4. The zero-order valence-corrected chi connectivity index (χ0v) is 7.22. The third-order valence-electron chi connectivity index (χ3n) is 2.92. The van der Waals surface area contributed by atoms with E-state index in [2.05, 4.69) is 25.2 Å². The Labute approximate surface area is 69.0 Å². The molecule has 11 heavy (non-hydrogen) atoms. The quantitative estimate of drug-likeness (QED) is 0.563. The van der Waals surface area contributed by atoms with Crippen LogP contribution in [0.25, 0.3) is 0 Å². The van der Waals surface area contributed by atoms with Crippen molar-refractivity contribution < 1.29 is 0 Å². The predicted octanol–water partition coefficient (Wildman–Crippen LogP) is 3.31. The summed E-state index contributed by atoms with van der Waals surface area (Å²) >= 11 is 0. The lowest BCUT2D eigenvalue weighted by molar-refractivity contribution is 0.671. The van der Waals surface area contributed by atoms with Gasteiger partial charge in [-0.25, -0.2) is 0 Å². The summed E-state index contributed by atoms with van der Waals surface area (Å²) in [6, 6.07) is 0. The van der Waals surface area contributed by atoms with Gasteiger partial charge in [0.15, 0.2) is 0 Å². The van der Waals surface area contributed by atoms with Gasteiger partial charge in [-0.15, -0.1) is 0 Å². The van der Waals surface area contributed by atoms with Crippen molar-refractivity contribution in [1.82, 2.24) is 0 Å². The monoisotopic (exact) mass is 148 g/mol. The molecular formula is C11H16. The summed E-state index contributed by atoms with van der Waals surface area (Å²) in [6.45, 7) is 2.20. The fourth-order valence-electron chi connectivity index (χ4n) is 2.32. The maximum atomic E-state index is 2.49. The minimum Gasteiger partial charge on any atom is -0.0845 e. The van der Waals surface area contributed by atoms with Crippen molar-refractivity contribution in [2.45, 2.75) is 32.6 Å². The maximum absolute atomic E-state index is 2.49. The first kappa shape index (κ1) is 7.15. The predicted molar refractivity (Wildman–Crippen MR) is 48.3 cm³/mol. The van der Waals surface area contributed by atoms with Crippen LogP contribution in [0.15, 0.2) is 23.8 Å². The van der Waals surface area contributed by atoms with Crippen LogP contribution in [-0.2, 0) is 0 Å².